The zero-order valence-electron chi connectivity index (χ0n) is 14.2. The summed E-state index contributed by atoms with van der Waals surface area (Å²) in [5.74, 6) is -1.10. The first-order valence-electron chi connectivity index (χ1n) is 8.16. The highest BCUT2D eigenvalue weighted by Gasteiger charge is 2.34. The SMILES string of the molecule is CC(=O)NC[C@H]1CN(c2cc(F)c(N3CCS(=O)CC3)c(F)c2)C(=O)O1. The molecule has 0 radical (unpaired) electrons. The fourth-order valence-corrected chi connectivity index (χ4v) is 4.02. The van der Waals surface area contributed by atoms with Crippen molar-refractivity contribution in [2.24, 2.45) is 0 Å². The molecule has 26 heavy (non-hydrogen) atoms. The normalized spacial score (nSPS) is 21.0. The number of hydrogen-bond acceptors (Lipinski definition) is 5. The Morgan fingerprint density at radius 1 is 1.31 bits per heavy atom. The topological polar surface area (TPSA) is 79.0 Å². The third kappa shape index (κ3) is 3.95. The Hall–Kier alpha value is -2.23. The van der Waals surface area contributed by atoms with Crippen LogP contribution < -0.4 is 15.1 Å². The van der Waals surface area contributed by atoms with Crippen molar-refractivity contribution < 1.29 is 27.3 Å². The number of hydrogen-bond donors (Lipinski definition) is 1. The number of anilines is 2. The number of carbonyl (C=O) groups is 2. The first-order chi connectivity index (χ1) is 12.3. The van der Waals surface area contributed by atoms with Gasteiger partial charge in [-0.1, -0.05) is 0 Å². The average Bonchev–Trinajstić information content (AvgIpc) is 2.95. The summed E-state index contributed by atoms with van der Waals surface area (Å²) in [7, 11) is -0.954. The minimum atomic E-state index is -0.954. The molecule has 2 saturated heterocycles. The van der Waals surface area contributed by atoms with E-state index in [4.69, 9.17) is 4.74 Å². The fraction of sp³-hybridized carbons (Fsp3) is 0.500. The molecule has 1 atom stereocenters. The largest absolute Gasteiger partial charge is 0.442 e. The Kier molecular flexibility index (Phi) is 5.40. The van der Waals surface area contributed by atoms with E-state index in [1.165, 1.54) is 11.8 Å². The lowest BCUT2D eigenvalue weighted by Gasteiger charge is -2.29. The number of amides is 2. The number of halogens is 2. The molecule has 2 amide bonds. The van der Waals surface area contributed by atoms with Crippen LogP contribution in [0.25, 0.3) is 0 Å². The van der Waals surface area contributed by atoms with Gasteiger partial charge in [0.15, 0.2) is 11.6 Å². The van der Waals surface area contributed by atoms with Gasteiger partial charge in [-0.15, -0.1) is 0 Å². The van der Waals surface area contributed by atoms with Crippen LogP contribution in [0.5, 0.6) is 0 Å². The average molecular weight is 387 g/mol. The summed E-state index contributed by atoms with van der Waals surface area (Å²) in [5, 5.41) is 2.54. The van der Waals surface area contributed by atoms with Crippen LogP contribution in [-0.2, 0) is 20.3 Å². The van der Waals surface area contributed by atoms with E-state index in [2.05, 4.69) is 5.32 Å². The van der Waals surface area contributed by atoms with Gasteiger partial charge in [-0.25, -0.2) is 13.6 Å². The van der Waals surface area contributed by atoms with Crippen LogP contribution in [0, 0.1) is 11.6 Å². The van der Waals surface area contributed by atoms with Crippen molar-refractivity contribution in [3.8, 4) is 0 Å². The molecule has 2 aliphatic heterocycles. The van der Waals surface area contributed by atoms with Gasteiger partial charge >= 0.3 is 6.09 Å². The van der Waals surface area contributed by atoms with E-state index < -0.39 is 34.6 Å². The lowest BCUT2D eigenvalue weighted by molar-refractivity contribution is -0.119. The molecular weight excluding hydrogens is 368 g/mol. The smallest absolute Gasteiger partial charge is 0.414 e. The maximum atomic E-state index is 14.5. The molecule has 3 rings (SSSR count). The van der Waals surface area contributed by atoms with Crippen molar-refractivity contribution in [1.82, 2.24) is 5.32 Å². The van der Waals surface area contributed by atoms with Crippen LogP contribution in [0.3, 0.4) is 0 Å². The molecule has 1 N–H and O–H groups in total. The van der Waals surface area contributed by atoms with E-state index in [1.807, 2.05) is 0 Å². The van der Waals surface area contributed by atoms with E-state index >= 15 is 0 Å². The predicted molar refractivity (Wildman–Crippen MR) is 92.7 cm³/mol. The van der Waals surface area contributed by atoms with Crippen LogP contribution in [-0.4, -0.2) is 60.0 Å². The minimum absolute atomic E-state index is 0.0552. The fourth-order valence-electron chi connectivity index (χ4n) is 2.97. The molecule has 1 aromatic rings. The molecule has 0 spiro atoms. The summed E-state index contributed by atoms with van der Waals surface area (Å²) in [6, 6.07) is 2.18. The molecule has 0 aliphatic carbocycles. The summed E-state index contributed by atoms with van der Waals surface area (Å²) in [6.07, 6.45) is -1.31. The second-order valence-electron chi connectivity index (χ2n) is 6.15. The van der Waals surface area contributed by atoms with Crippen LogP contribution >= 0.6 is 0 Å². The summed E-state index contributed by atoms with van der Waals surface area (Å²) >= 11 is 0. The molecule has 0 bridgehead atoms. The number of rotatable bonds is 4. The second kappa shape index (κ2) is 7.56. The van der Waals surface area contributed by atoms with Gasteiger partial charge in [-0.3, -0.25) is 13.9 Å². The molecule has 7 nitrogen and oxygen atoms in total. The Morgan fingerprint density at radius 2 is 1.92 bits per heavy atom. The van der Waals surface area contributed by atoms with Gasteiger partial charge < -0.3 is 15.0 Å². The van der Waals surface area contributed by atoms with Gasteiger partial charge in [0, 0.05) is 54.5 Å². The summed E-state index contributed by atoms with van der Waals surface area (Å²) in [6.45, 7) is 2.18. The van der Waals surface area contributed by atoms with Gasteiger partial charge in [-0.2, -0.15) is 0 Å². The van der Waals surface area contributed by atoms with Crippen molar-refractivity contribution in [2.45, 2.75) is 13.0 Å². The van der Waals surface area contributed by atoms with Crippen molar-refractivity contribution in [2.75, 3.05) is 47.5 Å². The quantitative estimate of drug-likeness (QED) is 0.834. The predicted octanol–water partition coefficient (Wildman–Crippen LogP) is 0.995. The molecule has 10 heteroatoms. The van der Waals surface area contributed by atoms with Crippen molar-refractivity contribution in [1.29, 1.82) is 0 Å². The van der Waals surface area contributed by atoms with Gasteiger partial charge in [0.25, 0.3) is 0 Å². The highest BCUT2D eigenvalue weighted by atomic mass is 32.2. The van der Waals surface area contributed by atoms with Crippen LogP contribution in [0.2, 0.25) is 0 Å². The minimum Gasteiger partial charge on any atom is -0.442 e. The number of nitrogens with zero attached hydrogens (tertiary/aromatic N) is 2. The van der Waals surface area contributed by atoms with Crippen molar-refractivity contribution >= 4 is 34.2 Å². The van der Waals surface area contributed by atoms with E-state index in [-0.39, 0.29) is 30.4 Å². The maximum absolute atomic E-state index is 14.5. The highest BCUT2D eigenvalue weighted by molar-refractivity contribution is 7.85. The summed E-state index contributed by atoms with van der Waals surface area (Å²) in [4.78, 5) is 25.6. The van der Waals surface area contributed by atoms with Gasteiger partial charge in [0.05, 0.1) is 18.8 Å². The summed E-state index contributed by atoms with van der Waals surface area (Å²) < 4.78 is 45.6. The molecule has 2 heterocycles. The highest BCUT2D eigenvalue weighted by Crippen LogP contribution is 2.31. The first kappa shape index (κ1) is 18.6. The van der Waals surface area contributed by atoms with E-state index in [0.717, 1.165) is 17.0 Å². The number of cyclic esters (lactones) is 1. The Labute approximate surface area is 151 Å². The molecule has 0 unspecified atom stereocenters. The molecule has 0 saturated carbocycles. The Balaban J connectivity index is 1.76. The van der Waals surface area contributed by atoms with Crippen LogP contribution in [0.1, 0.15) is 6.92 Å². The van der Waals surface area contributed by atoms with Crippen molar-refractivity contribution in [3.63, 3.8) is 0 Å². The van der Waals surface area contributed by atoms with Crippen LogP contribution in [0.15, 0.2) is 12.1 Å². The number of carbonyl (C=O) groups excluding carboxylic acids is 2. The zero-order chi connectivity index (χ0) is 18.8. The standard InChI is InChI=1S/C16H19F2N3O4S/c1-10(22)19-8-12-9-21(16(23)25-12)11-6-13(17)15(14(18)7-11)20-2-4-26(24)5-3-20/h6-7,12H,2-5,8-9H2,1H3,(H,19,22)/t12-/m0/s1. The van der Waals surface area contributed by atoms with Gasteiger partial charge in [0.2, 0.25) is 5.91 Å². The number of benzene rings is 1. The zero-order valence-corrected chi connectivity index (χ0v) is 15.0. The molecular formula is C16H19F2N3O4S. The monoisotopic (exact) mass is 387 g/mol. The van der Waals surface area contributed by atoms with E-state index in [9.17, 15) is 22.6 Å². The van der Waals surface area contributed by atoms with E-state index in [0.29, 0.717) is 24.6 Å². The molecule has 1 aromatic carbocycles. The Bertz CT molecular complexity index is 728. The molecule has 2 fully saturated rings. The van der Waals surface area contributed by atoms with Gasteiger partial charge in [-0.05, 0) is 0 Å². The number of nitrogens with one attached hydrogen (secondary N) is 1. The summed E-state index contributed by atoms with van der Waals surface area (Å²) in [5.41, 5.74) is -0.118. The van der Waals surface area contributed by atoms with Crippen molar-refractivity contribution in [3.05, 3.63) is 23.8 Å². The molecule has 2 aliphatic rings. The lowest BCUT2D eigenvalue weighted by atomic mass is 10.2. The lowest BCUT2D eigenvalue weighted by Crippen LogP contribution is -2.39. The second-order valence-corrected chi connectivity index (χ2v) is 7.84. The molecule has 0 aromatic heterocycles. The third-order valence-corrected chi connectivity index (χ3v) is 5.54. The Morgan fingerprint density at radius 3 is 2.50 bits per heavy atom. The first-order valence-corrected chi connectivity index (χ1v) is 9.65. The van der Waals surface area contributed by atoms with E-state index in [1.54, 1.807) is 0 Å². The molecule has 142 valence electrons. The van der Waals surface area contributed by atoms with Crippen LogP contribution in [0.4, 0.5) is 25.0 Å². The number of ether oxygens (including phenoxy) is 1. The van der Waals surface area contributed by atoms with Gasteiger partial charge in [0.1, 0.15) is 11.8 Å². The maximum Gasteiger partial charge on any atom is 0.414 e. The third-order valence-electron chi connectivity index (χ3n) is 4.26.